The van der Waals surface area contributed by atoms with Crippen molar-refractivity contribution in [3.05, 3.63) is 35.7 Å². The summed E-state index contributed by atoms with van der Waals surface area (Å²) in [5.41, 5.74) is 2.08. The molecule has 0 N–H and O–H groups in total. The lowest BCUT2D eigenvalue weighted by Crippen LogP contribution is -2.37. The van der Waals surface area contributed by atoms with Gasteiger partial charge < -0.3 is 4.52 Å². The van der Waals surface area contributed by atoms with Crippen LogP contribution in [0.4, 0.5) is 0 Å². The van der Waals surface area contributed by atoms with Crippen LogP contribution in [0.15, 0.2) is 28.8 Å². The maximum Gasteiger partial charge on any atom is 0.257 e. The maximum atomic E-state index is 11.8. The molecular formula is C17H25N3O3S. The highest BCUT2D eigenvalue weighted by atomic mass is 32.2. The topological polar surface area (TPSA) is 76.3 Å². The van der Waals surface area contributed by atoms with Crippen LogP contribution < -0.4 is 0 Å². The van der Waals surface area contributed by atoms with Gasteiger partial charge in [-0.1, -0.05) is 31.1 Å². The predicted molar refractivity (Wildman–Crippen MR) is 94.2 cm³/mol. The van der Waals surface area contributed by atoms with Gasteiger partial charge in [0, 0.05) is 24.6 Å². The van der Waals surface area contributed by atoms with E-state index in [1.807, 2.05) is 32.0 Å². The van der Waals surface area contributed by atoms with Gasteiger partial charge in [-0.15, -0.1) is 0 Å². The zero-order valence-corrected chi connectivity index (χ0v) is 15.7. The summed E-state index contributed by atoms with van der Waals surface area (Å²) >= 11 is 0. The Labute approximate surface area is 143 Å². The molecule has 7 heteroatoms. The molecule has 24 heavy (non-hydrogen) atoms. The lowest BCUT2D eigenvalue weighted by molar-refractivity contribution is 0.353. The molecule has 0 radical (unpaired) electrons. The van der Waals surface area contributed by atoms with Gasteiger partial charge >= 0.3 is 0 Å². The van der Waals surface area contributed by atoms with Gasteiger partial charge in [-0.3, -0.25) is 0 Å². The molecule has 2 rings (SSSR count). The van der Waals surface area contributed by atoms with E-state index >= 15 is 0 Å². The monoisotopic (exact) mass is 351 g/mol. The molecule has 0 bridgehead atoms. The lowest BCUT2D eigenvalue weighted by Gasteiger charge is -2.23. The van der Waals surface area contributed by atoms with Gasteiger partial charge in [0.2, 0.25) is 10.0 Å². The molecule has 0 aliphatic carbocycles. The second-order valence-corrected chi connectivity index (χ2v) is 8.45. The van der Waals surface area contributed by atoms with Crippen molar-refractivity contribution in [3.63, 3.8) is 0 Å². The molecule has 1 heterocycles. The van der Waals surface area contributed by atoms with Crippen molar-refractivity contribution >= 4 is 10.0 Å². The Balaban J connectivity index is 2.12. The highest BCUT2D eigenvalue weighted by molar-refractivity contribution is 7.88. The Morgan fingerprint density at radius 2 is 1.92 bits per heavy atom. The lowest BCUT2D eigenvalue weighted by atomic mass is 10.0. The second-order valence-electron chi connectivity index (χ2n) is 6.51. The van der Waals surface area contributed by atoms with Crippen molar-refractivity contribution in [1.82, 2.24) is 14.4 Å². The molecule has 0 saturated carbocycles. The van der Waals surface area contributed by atoms with Crippen molar-refractivity contribution in [3.8, 4) is 11.5 Å². The van der Waals surface area contributed by atoms with Gasteiger partial charge in [0.25, 0.3) is 5.89 Å². The molecule has 0 aliphatic heterocycles. The van der Waals surface area contributed by atoms with Crippen molar-refractivity contribution in [2.24, 2.45) is 0 Å². The molecule has 6 nitrogen and oxygen atoms in total. The second kappa shape index (κ2) is 7.44. The number of rotatable bonds is 7. The standard InChI is InChI=1S/C17H25N3O3S/c1-12(2)14-7-6-8-15(11-14)17-18-16(19-23-17)9-10-20(13(3)4)24(5,21)22/h6-8,11-13H,9-10H2,1-5H3. The summed E-state index contributed by atoms with van der Waals surface area (Å²) in [6.07, 6.45) is 1.63. The number of hydrogen-bond donors (Lipinski definition) is 0. The molecule has 0 fully saturated rings. The van der Waals surface area contributed by atoms with Crippen molar-refractivity contribution in [2.75, 3.05) is 12.8 Å². The molecule has 0 spiro atoms. The fourth-order valence-corrected chi connectivity index (χ4v) is 3.71. The van der Waals surface area contributed by atoms with E-state index in [0.717, 1.165) is 5.56 Å². The first-order chi connectivity index (χ1) is 11.2. The third-order valence-corrected chi connectivity index (χ3v) is 5.28. The molecule has 0 saturated heterocycles. The van der Waals surface area contributed by atoms with Crippen molar-refractivity contribution in [1.29, 1.82) is 0 Å². The van der Waals surface area contributed by atoms with Gasteiger partial charge in [0.15, 0.2) is 5.82 Å². The van der Waals surface area contributed by atoms with E-state index in [2.05, 4.69) is 30.1 Å². The molecule has 1 aromatic heterocycles. The number of sulfonamides is 1. The molecule has 1 aromatic carbocycles. The summed E-state index contributed by atoms with van der Waals surface area (Å²) in [7, 11) is -3.25. The van der Waals surface area contributed by atoms with E-state index in [4.69, 9.17) is 4.52 Å². The zero-order chi connectivity index (χ0) is 17.9. The van der Waals surface area contributed by atoms with Gasteiger partial charge in [0.1, 0.15) is 0 Å². The highest BCUT2D eigenvalue weighted by Crippen LogP contribution is 2.22. The fourth-order valence-electron chi connectivity index (χ4n) is 2.52. The third kappa shape index (κ3) is 4.64. The Morgan fingerprint density at radius 1 is 1.21 bits per heavy atom. The normalized spacial score (nSPS) is 12.5. The van der Waals surface area contributed by atoms with Crippen LogP contribution >= 0.6 is 0 Å². The number of hydrogen-bond acceptors (Lipinski definition) is 5. The Kier molecular flexibility index (Phi) is 5.77. The number of nitrogens with zero attached hydrogens (tertiary/aromatic N) is 3. The van der Waals surface area contributed by atoms with E-state index in [-0.39, 0.29) is 6.04 Å². The molecular weight excluding hydrogens is 326 g/mol. The van der Waals surface area contributed by atoms with Crippen molar-refractivity contribution < 1.29 is 12.9 Å². The quantitative estimate of drug-likeness (QED) is 0.766. The van der Waals surface area contributed by atoms with E-state index in [1.54, 1.807) is 0 Å². The summed E-state index contributed by atoms with van der Waals surface area (Å²) in [6, 6.07) is 7.91. The molecule has 0 unspecified atom stereocenters. The summed E-state index contributed by atoms with van der Waals surface area (Å²) in [5, 5.41) is 3.97. The predicted octanol–water partition coefficient (Wildman–Crippen LogP) is 3.07. The average Bonchev–Trinajstić information content (AvgIpc) is 2.94. The van der Waals surface area contributed by atoms with E-state index in [1.165, 1.54) is 16.1 Å². The summed E-state index contributed by atoms with van der Waals surface area (Å²) < 4.78 is 30.3. The largest absolute Gasteiger partial charge is 0.334 e. The minimum atomic E-state index is -3.25. The first-order valence-electron chi connectivity index (χ1n) is 8.08. The molecule has 0 amide bonds. The van der Waals surface area contributed by atoms with Crippen LogP contribution in [-0.4, -0.2) is 41.7 Å². The molecule has 0 atom stereocenters. The Hall–Kier alpha value is -1.73. The van der Waals surface area contributed by atoms with Crippen LogP contribution in [0.1, 0.15) is 45.0 Å². The van der Waals surface area contributed by atoms with Crippen LogP contribution in [0.5, 0.6) is 0 Å². The van der Waals surface area contributed by atoms with Gasteiger partial charge in [-0.25, -0.2) is 8.42 Å². The zero-order valence-electron chi connectivity index (χ0n) is 14.9. The minimum Gasteiger partial charge on any atom is -0.334 e. The summed E-state index contributed by atoms with van der Waals surface area (Å²) in [4.78, 5) is 4.40. The summed E-state index contributed by atoms with van der Waals surface area (Å²) in [6.45, 7) is 8.29. The average molecular weight is 351 g/mol. The van der Waals surface area contributed by atoms with Gasteiger partial charge in [0.05, 0.1) is 6.26 Å². The molecule has 2 aromatic rings. The first kappa shape index (κ1) is 18.6. The minimum absolute atomic E-state index is 0.103. The fraction of sp³-hybridized carbons (Fsp3) is 0.529. The van der Waals surface area contributed by atoms with Crippen LogP contribution in [0.3, 0.4) is 0 Å². The van der Waals surface area contributed by atoms with Crippen LogP contribution in [0.2, 0.25) is 0 Å². The smallest absolute Gasteiger partial charge is 0.257 e. The Morgan fingerprint density at radius 3 is 2.50 bits per heavy atom. The SMILES string of the molecule is CC(C)c1cccc(-c2nc(CCN(C(C)C)S(C)(=O)=O)no2)c1. The van der Waals surface area contributed by atoms with Crippen LogP contribution in [0, 0.1) is 0 Å². The Bertz CT molecular complexity index is 782. The first-order valence-corrected chi connectivity index (χ1v) is 9.93. The maximum absolute atomic E-state index is 11.8. The van der Waals surface area contributed by atoms with Gasteiger partial charge in [-0.2, -0.15) is 9.29 Å². The van der Waals surface area contributed by atoms with Crippen LogP contribution in [-0.2, 0) is 16.4 Å². The van der Waals surface area contributed by atoms with E-state index < -0.39 is 10.0 Å². The van der Waals surface area contributed by atoms with Crippen molar-refractivity contribution in [2.45, 2.75) is 46.1 Å². The van der Waals surface area contributed by atoms with E-state index in [9.17, 15) is 8.42 Å². The van der Waals surface area contributed by atoms with Crippen LogP contribution in [0.25, 0.3) is 11.5 Å². The number of aromatic nitrogens is 2. The highest BCUT2D eigenvalue weighted by Gasteiger charge is 2.21. The molecule has 0 aliphatic rings. The van der Waals surface area contributed by atoms with Gasteiger partial charge in [-0.05, 0) is 37.5 Å². The van der Waals surface area contributed by atoms with E-state index in [0.29, 0.717) is 30.6 Å². The number of benzene rings is 1. The summed E-state index contributed by atoms with van der Waals surface area (Å²) in [5.74, 6) is 1.39. The molecule has 132 valence electrons. The third-order valence-electron chi connectivity index (χ3n) is 3.83.